The molecule has 1 saturated carbocycles. The van der Waals surface area contributed by atoms with E-state index in [0.29, 0.717) is 38.8 Å². The average Bonchev–Trinajstić information content (AvgIpc) is 2.82. The number of ether oxygens (including phenoxy) is 1. The molecule has 0 aromatic heterocycles. The highest BCUT2D eigenvalue weighted by atomic mass is 32.2. The minimum absolute atomic E-state index is 0.296. The van der Waals surface area contributed by atoms with Gasteiger partial charge in [-0.05, 0) is 37.8 Å². The quantitative estimate of drug-likeness (QED) is 0.245. The third kappa shape index (κ3) is 3.62. The molecule has 0 saturated heterocycles. The largest absolute Gasteiger partial charge is 0.468 e. The van der Waals surface area contributed by atoms with Crippen molar-refractivity contribution in [1.82, 2.24) is 5.32 Å². The molecule has 1 aliphatic rings. The predicted molar refractivity (Wildman–Crippen MR) is 73.9 cm³/mol. The van der Waals surface area contributed by atoms with E-state index >= 15 is 0 Å². The monoisotopic (exact) mass is 304 g/mol. The van der Waals surface area contributed by atoms with Crippen molar-refractivity contribution in [2.24, 2.45) is 5.11 Å². The second kappa shape index (κ2) is 6.92. The van der Waals surface area contributed by atoms with E-state index in [0.717, 1.165) is 6.26 Å². The van der Waals surface area contributed by atoms with Crippen molar-refractivity contribution in [3.63, 3.8) is 0 Å². The zero-order chi connectivity index (χ0) is 15.2. The topological polar surface area (TPSA) is 121 Å². The smallest absolute Gasteiger partial charge is 0.327 e. The summed E-state index contributed by atoms with van der Waals surface area (Å²) in [5.74, 6) is -0.547. The Balaban J connectivity index is 2.87. The Hall–Kier alpha value is -1.31. The summed E-state index contributed by atoms with van der Waals surface area (Å²) in [6.45, 7) is 0.685. The summed E-state index contributed by atoms with van der Waals surface area (Å²) in [4.78, 5) is 14.7. The molecule has 1 fully saturated rings. The second-order valence-corrected chi connectivity index (χ2v) is 7.14. The van der Waals surface area contributed by atoms with Crippen LogP contribution in [0.2, 0.25) is 0 Å². The van der Waals surface area contributed by atoms with E-state index in [1.807, 2.05) is 0 Å². The lowest BCUT2D eigenvalue weighted by Gasteiger charge is -2.32. The molecule has 0 aliphatic heterocycles. The lowest BCUT2D eigenvalue weighted by atomic mass is 9.97. The van der Waals surface area contributed by atoms with E-state index in [9.17, 15) is 13.2 Å². The van der Waals surface area contributed by atoms with Crippen LogP contribution in [0.15, 0.2) is 5.11 Å². The lowest BCUT2D eigenvalue weighted by molar-refractivity contribution is -0.148. The van der Waals surface area contributed by atoms with Crippen LogP contribution in [0.3, 0.4) is 0 Å². The molecule has 2 unspecified atom stereocenters. The number of hydrogen-bond donors (Lipinski definition) is 1. The zero-order valence-electron chi connectivity index (χ0n) is 11.7. The number of azide groups is 1. The van der Waals surface area contributed by atoms with Crippen molar-refractivity contribution in [2.45, 2.75) is 36.5 Å². The Labute approximate surface area is 118 Å². The Kier molecular flexibility index (Phi) is 5.79. The number of esters is 1. The molecule has 9 heteroatoms. The van der Waals surface area contributed by atoms with Crippen molar-refractivity contribution in [3.8, 4) is 0 Å². The molecule has 0 aromatic rings. The van der Waals surface area contributed by atoms with Gasteiger partial charge in [0.1, 0.15) is 5.54 Å². The number of rotatable bonds is 7. The van der Waals surface area contributed by atoms with Crippen molar-refractivity contribution >= 4 is 15.8 Å². The molecule has 0 heterocycles. The van der Waals surface area contributed by atoms with E-state index in [4.69, 9.17) is 10.3 Å². The summed E-state index contributed by atoms with van der Waals surface area (Å²) in [6.07, 6.45) is 3.19. The number of nitrogens with zero attached hydrogens (tertiary/aromatic N) is 3. The Morgan fingerprint density at radius 3 is 2.85 bits per heavy atom. The number of hydrogen-bond acceptors (Lipinski definition) is 6. The van der Waals surface area contributed by atoms with Gasteiger partial charge >= 0.3 is 5.97 Å². The van der Waals surface area contributed by atoms with Crippen LogP contribution in [0.25, 0.3) is 10.4 Å². The fourth-order valence-electron chi connectivity index (χ4n) is 2.75. The van der Waals surface area contributed by atoms with Gasteiger partial charge in [-0.3, -0.25) is 4.79 Å². The van der Waals surface area contributed by atoms with Crippen molar-refractivity contribution in [2.75, 3.05) is 26.5 Å². The van der Waals surface area contributed by atoms with Crippen LogP contribution in [-0.4, -0.2) is 51.6 Å². The summed E-state index contributed by atoms with van der Waals surface area (Å²) >= 11 is 0. The number of sulfone groups is 1. The van der Waals surface area contributed by atoms with Gasteiger partial charge in [0.2, 0.25) is 0 Å². The molecule has 0 bridgehead atoms. The van der Waals surface area contributed by atoms with Crippen LogP contribution in [0.1, 0.15) is 25.7 Å². The van der Waals surface area contributed by atoms with E-state index in [-0.39, 0.29) is 0 Å². The summed E-state index contributed by atoms with van der Waals surface area (Å²) in [6, 6.07) is 0. The highest BCUT2D eigenvalue weighted by molar-refractivity contribution is 7.91. The summed E-state index contributed by atoms with van der Waals surface area (Å²) in [7, 11) is -2.10. The van der Waals surface area contributed by atoms with Crippen LogP contribution >= 0.6 is 0 Å². The van der Waals surface area contributed by atoms with Gasteiger partial charge in [0.25, 0.3) is 0 Å². The molecular weight excluding hydrogens is 284 g/mol. The summed E-state index contributed by atoms with van der Waals surface area (Å²) in [5, 5.41) is 5.65. The SMILES string of the molecule is COC(=O)C1(NCCCN=[N+]=[N-])CCCC1S(C)(=O)=O. The molecular formula is C11H20N4O4S. The van der Waals surface area contributed by atoms with Gasteiger partial charge in [-0.1, -0.05) is 5.11 Å². The molecule has 1 aliphatic carbocycles. The standard InChI is InChI=1S/C11H20N4O4S/c1-19-10(16)11(13-7-4-8-14-15-12)6-3-5-9(11)20(2,17)18/h9,13H,3-8H2,1-2H3. The minimum Gasteiger partial charge on any atom is -0.468 e. The molecule has 0 spiro atoms. The minimum atomic E-state index is -3.36. The molecule has 0 amide bonds. The van der Waals surface area contributed by atoms with Gasteiger partial charge in [0, 0.05) is 17.7 Å². The first-order valence-corrected chi connectivity index (χ1v) is 8.37. The van der Waals surface area contributed by atoms with E-state index < -0.39 is 26.6 Å². The van der Waals surface area contributed by atoms with Crippen LogP contribution in [-0.2, 0) is 19.4 Å². The number of methoxy groups -OCH3 is 1. The van der Waals surface area contributed by atoms with Crippen LogP contribution in [0, 0.1) is 0 Å². The maximum absolute atomic E-state index is 12.1. The third-order valence-corrected chi connectivity index (χ3v) is 5.26. The van der Waals surface area contributed by atoms with Gasteiger partial charge in [0.05, 0.1) is 12.4 Å². The van der Waals surface area contributed by atoms with Crippen molar-refractivity contribution < 1.29 is 17.9 Å². The number of carbonyl (C=O) groups is 1. The highest BCUT2D eigenvalue weighted by Gasteiger charge is 2.54. The first kappa shape index (κ1) is 16.7. The van der Waals surface area contributed by atoms with E-state index in [1.165, 1.54) is 7.11 Å². The summed E-state index contributed by atoms with van der Waals surface area (Å²) < 4.78 is 28.6. The van der Waals surface area contributed by atoms with Gasteiger partial charge in [-0.15, -0.1) is 0 Å². The molecule has 20 heavy (non-hydrogen) atoms. The van der Waals surface area contributed by atoms with Gasteiger partial charge in [0.15, 0.2) is 9.84 Å². The predicted octanol–water partition coefficient (Wildman–Crippen LogP) is 0.785. The molecule has 114 valence electrons. The van der Waals surface area contributed by atoms with Crippen LogP contribution in [0.5, 0.6) is 0 Å². The maximum atomic E-state index is 12.1. The summed E-state index contributed by atoms with van der Waals surface area (Å²) in [5.41, 5.74) is 7.01. The molecule has 0 aromatic carbocycles. The van der Waals surface area contributed by atoms with E-state index in [1.54, 1.807) is 0 Å². The highest BCUT2D eigenvalue weighted by Crippen LogP contribution is 2.35. The number of carbonyl (C=O) groups excluding carboxylic acids is 1. The van der Waals surface area contributed by atoms with Crippen LogP contribution < -0.4 is 5.32 Å². The van der Waals surface area contributed by atoms with Crippen molar-refractivity contribution in [1.29, 1.82) is 0 Å². The number of nitrogens with one attached hydrogen (secondary N) is 1. The maximum Gasteiger partial charge on any atom is 0.327 e. The second-order valence-electron chi connectivity index (χ2n) is 4.91. The normalized spacial score (nSPS) is 26.0. The third-order valence-electron chi connectivity index (χ3n) is 3.59. The van der Waals surface area contributed by atoms with Crippen molar-refractivity contribution in [3.05, 3.63) is 10.4 Å². The van der Waals surface area contributed by atoms with E-state index in [2.05, 4.69) is 15.3 Å². The fraction of sp³-hybridized carbons (Fsp3) is 0.909. The lowest BCUT2D eigenvalue weighted by Crippen LogP contribution is -2.60. The molecule has 2 atom stereocenters. The van der Waals surface area contributed by atoms with Gasteiger partial charge < -0.3 is 10.1 Å². The van der Waals surface area contributed by atoms with Crippen LogP contribution in [0.4, 0.5) is 0 Å². The average molecular weight is 304 g/mol. The first-order valence-electron chi connectivity index (χ1n) is 6.41. The zero-order valence-corrected chi connectivity index (χ0v) is 12.5. The molecule has 1 rings (SSSR count). The Morgan fingerprint density at radius 2 is 2.30 bits per heavy atom. The molecule has 1 N–H and O–H groups in total. The fourth-order valence-corrected chi connectivity index (χ4v) is 4.37. The van der Waals surface area contributed by atoms with Gasteiger partial charge in [-0.2, -0.15) is 0 Å². The Morgan fingerprint density at radius 1 is 1.60 bits per heavy atom. The Bertz CT molecular complexity index is 501. The first-order chi connectivity index (χ1) is 9.38. The molecule has 8 nitrogen and oxygen atoms in total. The van der Waals surface area contributed by atoms with Gasteiger partial charge in [-0.25, -0.2) is 8.42 Å². The molecule has 0 radical (unpaired) electrons.